The standard InChI is InChI=1S/C12H15F2NO2/c1-4-17-12(16)11(15(2)3)9-6-5-8(13)7-10(9)14/h5-7,11H,4H2,1-3H3. The second kappa shape index (κ2) is 5.72. The van der Waals surface area contributed by atoms with Crippen LogP contribution in [0.5, 0.6) is 0 Å². The Morgan fingerprint density at radius 2 is 2.06 bits per heavy atom. The van der Waals surface area contributed by atoms with E-state index in [1.807, 2.05) is 0 Å². The molecule has 0 bridgehead atoms. The Kier molecular flexibility index (Phi) is 4.57. The van der Waals surface area contributed by atoms with E-state index in [-0.39, 0.29) is 12.2 Å². The fraction of sp³-hybridized carbons (Fsp3) is 0.417. The first kappa shape index (κ1) is 13.6. The maximum atomic E-state index is 13.6. The number of carbonyl (C=O) groups is 1. The number of nitrogens with zero attached hydrogens (tertiary/aromatic N) is 1. The maximum absolute atomic E-state index is 13.6. The van der Waals surface area contributed by atoms with Crippen molar-refractivity contribution in [2.45, 2.75) is 13.0 Å². The number of halogens is 2. The van der Waals surface area contributed by atoms with Crippen molar-refractivity contribution in [3.8, 4) is 0 Å². The Balaban J connectivity index is 3.10. The number of esters is 1. The van der Waals surface area contributed by atoms with Crippen LogP contribution in [0, 0.1) is 11.6 Å². The van der Waals surface area contributed by atoms with E-state index in [9.17, 15) is 13.6 Å². The lowest BCUT2D eigenvalue weighted by molar-refractivity contribution is -0.148. The number of ether oxygens (including phenoxy) is 1. The van der Waals surface area contributed by atoms with Crippen molar-refractivity contribution in [1.29, 1.82) is 0 Å². The minimum Gasteiger partial charge on any atom is -0.465 e. The summed E-state index contributed by atoms with van der Waals surface area (Å²) < 4.78 is 31.2. The van der Waals surface area contributed by atoms with Crippen LogP contribution in [0.2, 0.25) is 0 Å². The average Bonchev–Trinajstić information content (AvgIpc) is 2.21. The second-order valence-corrected chi connectivity index (χ2v) is 3.78. The fourth-order valence-corrected chi connectivity index (χ4v) is 1.56. The van der Waals surface area contributed by atoms with Gasteiger partial charge in [0, 0.05) is 11.6 Å². The molecule has 0 amide bonds. The molecule has 94 valence electrons. The Labute approximate surface area is 99.0 Å². The Morgan fingerprint density at radius 3 is 2.53 bits per heavy atom. The Hall–Kier alpha value is -1.49. The van der Waals surface area contributed by atoms with Gasteiger partial charge < -0.3 is 4.74 Å². The third-order valence-electron chi connectivity index (χ3n) is 2.28. The smallest absolute Gasteiger partial charge is 0.328 e. The van der Waals surface area contributed by atoms with Crippen LogP contribution in [0.3, 0.4) is 0 Å². The number of carbonyl (C=O) groups excluding carboxylic acids is 1. The molecule has 0 radical (unpaired) electrons. The number of benzene rings is 1. The molecule has 0 saturated carbocycles. The highest BCUT2D eigenvalue weighted by Gasteiger charge is 2.27. The molecule has 0 aliphatic rings. The van der Waals surface area contributed by atoms with Gasteiger partial charge in [-0.3, -0.25) is 4.90 Å². The lowest BCUT2D eigenvalue weighted by Gasteiger charge is -2.23. The molecule has 0 saturated heterocycles. The molecule has 0 N–H and O–H groups in total. The van der Waals surface area contributed by atoms with Crippen LogP contribution in [0.15, 0.2) is 18.2 Å². The lowest BCUT2D eigenvalue weighted by Crippen LogP contribution is -2.30. The minimum absolute atomic E-state index is 0.106. The van der Waals surface area contributed by atoms with Gasteiger partial charge in [0.25, 0.3) is 0 Å². The zero-order chi connectivity index (χ0) is 13.0. The summed E-state index contributed by atoms with van der Waals surface area (Å²) in [5.74, 6) is -1.98. The van der Waals surface area contributed by atoms with Crippen molar-refractivity contribution in [3.05, 3.63) is 35.4 Å². The topological polar surface area (TPSA) is 29.5 Å². The van der Waals surface area contributed by atoms with Crippen molar-refractivity contribution in [1.82, 2.24) is 4.90 Å². The van der Waals surface area contributed by atoms with Gasteiger partial charge in [0.1, 0.15) is 17.7 Å². The van der Waals surface area contributed by atoms with Crippen molar-refractivity contribution in [2.24, 2.45) is 0 Å². The maximum Gasteiger partial charge on any atom is 0.328 e. The molecule has 0 aliphatic carbocycles. The minimum atomic E-state index is -0.865. The van der Waals surface area contributed by atoms with Gasteiger partial charge in [-0.2, -0.15) is 0 Å². The quantitative estimate of drug-likeness (QED) is 0.759. The van der Waals surface area contributed by atoms with E-state index in [0.29, 0.717) is 0 Å². The number of hydrogen-bond acceptors (Lipinski definition) is 3. The van der Waals surface area contributed by atoms with Crippen LogP contribution < -0.4 is 0 Å². The summed E-state index contributed by atoms with van der Waals surface area (Å²) in [5.41, 5.74) is 0.106. The van der Waals surface area contributed by atoms with Gasteiger partial charge >= 0.3 is 5.97 Å². The third-order valence-corrected chi connectivity index (χ3v) is 2.28. The van der Waals surface area contributed by atoms with Gasteiger partial charge in [-0.1, -0.05) is 6.07 Å². The highest BCUT2D eigenvalue weighted by atomic mass is 19.1. The highest BCUT2D eigenvalue weighted by Crippen LogP contribution is 2.23. The van der Waals surface area contributed by atoms with Crippen LogP contribution in [0.4, 0.5) is 8.78 Å². The molecule has 0 aromatic heterocycles. The van der Waals surface area contributed by atoms with Crippen LogP contribution in [0.1, 0.15) is 18.5 Å². The molecule has 5 heteroatoms. The summed E-state index contributed by atoms with van der Waals surface area (Å²) in [7, 11) is 3.26. The van der Waals surface area contributed by atoms with Crippen molar-refractivity contribution in [2.75, 3.05) is 20.7 Å². The number of likely N-dealkylation sites (N-methyl/N-ethyl adjacent to an activating group) is 1. The summed E-state index contributed by atoms with van der Waals surface area (Å²) >= 11 is 0. The van der Waals surface area contributed by atoms with Gasteiger partial charge in [0.2, 0.25) is 0 Å². The summed E-state index contributed by atoms with van der Waals surface area (Å²) in [6.45, 7) is 1.89. The fourth-order valence-electron chi connectivity index (χ4n) is 1.56. The molecule has 0 spiro atoms. The van der Waals surface area contributed by atoms with Crippen LogP contribution >= 0.6 is 0 Å². The Morgan fingerprint density at radius 1 is 1.41 bits per heavy atom. The van der Waals surface area contributed by atoms with Gasteiger partial charge in [-0.05, 0) is 27.1 Å². The van der Waals surface area contributed by atoms with E-state index in [4.69, 9.17) is 4.74 Å². The lowest BCUT2D eigenvalue weighted by atomic mass is 10.1. The molecule has 1 aromatic rings. The first-order valence-corrected chi connectivity index (χ1v) is 5.25. The van der Waals surface area contributed by atoms with Gasteiger partial charge in [0.05, 0.1) is 6.61 Å². The molecule has 3 nitrogen and oxygen atoms in total. The summed E-state index contributed by atoms with van der Waals surface area (Å²) in [5, 5.41) is 0. The first-order valence-electron chi connectivity index (χ1n) is 5.25. The highest BCUT2D eigenvalue weighted by molar-refractivity contribution is 5.77. The second-order valence-electron chi connectivity index (χ2n) is 3.78. The Bertz CT molecular complexity index is 407. The van der Waals surface area contributed by atoms with E-state index in [0.717, 1.165) is 12.1 Å². The van der Waals surface area contributed by atoms with E-state index >= 15 is 0 Å². The molecular formula is C12H15F2NO2. The van der Waals surface area contributed by atoms with E-state index in [1.165, 1.54) is 11.0 Å². The molecule has 17 heavy (non-hydrogen) atoms. The van der Waals surface area contributed by atoms with Crippen LogP contribution in [0.25, 0.3) is 0 Å². The summed E-state index contributed by atoms with van der Waals surface area (Å²) in [4.78, 5) is 13.2. The predicted molar refractivity (Wildman–Crippen MR) is 59.4 cm³/mol. The summed E-state index contributed by atoms with van der Waals surface area (Å²) in [6, 6.07) is 2.27. The third kappa shape index (κ3) is 3.23. The molecule has 0 aliphatic heterocycles. The molecule has 0 heterocycles. The van der Waals surface area contributed by atoms with E-state index in [2.05, 4.69) is 0 Å². The monoisotopic (exact) mass is 243 g/mol. The summed E-state index contributed by atoms with van der Waals surface area (Å²) in [6.07, 6.45) is 0. The zero-order valence-electron chi connectivity index (χ0n) is 10.0. The van der Waals surface area contributed by atoms with Crippen molar-refractivity contribution >= 4 is 5.97 Å². The number of rotatable bonds is 4. The molecule has 1 atom stereocenters. The van der Waals surface area contributed by atoms with Gasteiger partial charge in [-0.25, -0.2) is 13.6 Å². The molecule has 1 rings (SSSR count). The van der Waals surface area contributed by atoms with E-state index < -0.39 is 23.6 Å². The SMILES string of the molecule is CCOC(=O)C(c1ccc(F)cc1F)N(C)C. The largest absolute Gasteiger partial charge is 0.465 e. The van der Waals surface area contributed by atoms with Crippen molar-refractivity contribution < 1.29 is 18.3 Å². The van der Waals surface area contributed by atoms with E-state index in [1.54, 1.807) is 21.0 Å². The zero-order valence-corrected chi connectivity index (χ0v) is 10.0. The van der Waals surface area contributed by atoms with Crippen LogP contribution in [-0.2, 0) is 9.53 Å². The average molecular weight is 243 g/mol. The molecular weight excluding hydrogens is 228 g/mol. The molecule has 1 aromatic carbocycles. The van der Waals surface area contributed by atoms with Crippen LogP contribution in [-0.4, -0.2) is 31.6 Å². The van der Waals surface area contributed by atoms with Crippen molar-refractivity contribution in [3.63, 3.8) is 0 Å². The first-order chi connectivity index (χ1) is 7.97. The normalized spacial score (nSPS) is 12.6. The van der Waals surface area contributed by atoms with Gasteiger partial charge in [-0.15, -0.1) is 0 Å². The molecule has 1 unspecified atom stereocenters. The van der Waals surface area contributed by atoms with Gasteiger partial charge in [0.15, 0.2) is 0 Å². The number of hydrogen-bond donors (Lipinski definition) is 0. The molecule has 0 fully saturated rings. The predicted octanol–water partition coefficient (Wildman–Crippen LogP) is 2.13.